The number of nitrogens with zero attached hydrogens (tertiary/aromatic N) is 17. The van der Waals surface area contributed by atoms with Crippen LogP contribution in [0.5, 0.6) is 0 Å². The van der Waals surface area contributed by atoms with Crippen LogP contribution in [-0.2, 0) is 61.6 Å². The number of thiazole rings is 1. The monoisotopic (exact) mass is 1950 g/mol. The number of Topliss-reactive ketones (excluding diaryl/α,β-unsaturated/α-hetero) is 3. The fraction of sp³-hybridized carbons (Fsp3) is 0.319. The Bertz CT molecular complexity index is 6730. The maximum atomic E-state index is 14.6. The standard InChI is InChI=1S/C32H30Cl2FN5O2S.C32H30ClF2N5O2S.C30H27F6N7O2S2/c1-20(2)40(43(3,42)27-10-11-30(34)37-19-27)26-7-4-22-14-29-21(18-38-39(29)25-8-5-24(35)6-9-25)16-32(22,17-26)31(41)28-15-23(33)12-13-36-28;1-20(2)40(43(3,42)27-10-11-30(33)37-19-27)26-7-4-22-14-29-21(18-38-39(29)25-8-5-23(34)6-9-25)16-32(22,17-26)31(41)28-15-24(35)12-13-36-28;1-41-16-38-27(40-41)47(2,45)43(22-12-29(32,33)13-22)21-6-3-18-9-23-17(14-39-42(23)20-7-4-19(31)5-8-20)10-28(18,11-21)25(44)26-37-15-24(46-26)30(34,35)36/h2*5-6,8-15,18-20,26H,3-4,7,16-17H2,1-2H3;4-5,7-9,14-16,21-22H,2-3,6,10-13H2,1H3/t2*26-,32-,43?;21-,28-,47?/m000/s1. The molecule has 23 nitrogen and oxygen atoms in total. The van der Waals surface area contributed by atoms with E-state index in [1.807, 2.05) is 48.5 Å². The zero-order valence-corrected chi connectivity index (χ0v) is 77.7. The highest BCUT2D eigenvalue weighted by atomic mass is 35.5. The molecule has 0 bridgehead atoms. The Morgan fingerprint density at radius 2 is 0.887 bits per heavy atom. The molecule has 19 rings (SSSR count). The molecule has 0 radical (unpaired) electrons. The lowest BCUT2D eigenvalue weighted by molar-refractivity contribution is -0.134. The van der Waals surface area contributed by atoms with Gasteiger partial charge in [0, 0.05) is 92.0 Å². The minimum atomic E-state index is -4.71. The smallest absolute Gasteiger partial charge is 0.291 e. The Morgan fingerprint density at radius 1 is 0.481 bits per heavy atom. The number of alkyl halides is 5. The van der Waals surface area contributed by atoms with E-state index in [2.05, 4.69) is 67.9 Å². The first-order valence-corrected chi connectivity index (χ1v) is 49.5. The molecular weight excluding hydrogens is 1870 g/mol. The summed E-state index contributed by atoms with van der Waals surface area (Å²) in [5, 5.41) is 18.4. The van der Waals surface area contributed by atoms with E-state index in [-0.39, 0.29) is 111 Å². The third-order valence-corrected chi connectivity index (χ3v) is 34.4. The van der Waals surface area contributed by atoms with Gasteiger partial charge < -0.3 is 0 Å². The summed E-state index contributed by atoms with van der Waals surface area (Å²) in [6.07, 6.45) is 17.0. The number of aromatic nitrogens is 14. The Kier molecular flexibility index (Phi) is 25.4. The second kappa shape index (κ2) is 36.0. The van der Waals surface area contributed by atoms with Crippen LogP contribution < -0.4 is 0 Å². The number of ketones is 3. The first-order valence-electron chi connectivity index (χ1n) is 42.5. The van der Waals surface area contributed by atoms with Crippen LogP contribution in [0.2, 0.25) is 15.3 Å². The Hall–Kier alpha value is -10.9. The first-order chi connectivity index (χ1) is 63.1. The molecule has 4 fully saturated rings. The van der Waals surface area contributed by atoms with Crippen molar-refractivity contribution in [2.45, 2.75) is 181 Å². The van der Waals surface area contributed by atoms with Gasteiger partial charge in [-0.2, -0.15) is 28.5 Å². The number of halogens is 12. The van der Waals surface area contributed by atoms with Crippen LogP contribution in [0.25, 0.3) is 35.3 Å². The third-order valence-electron chi connectivity index (χ3n) is 25.9. The van der Waals surface area contributed by atoms with Gasteiger partial charge in [0.05, 0.1) is 114 Å². The summed E-state index contributed by atoms with van der Waals surface area (Å²) in [7, 11) is -7.97. The summed E-state index contributed by atoms with van der Waals surface area (Å²) >= 11 is 18.6. The minimum absolute atomic E-state index is 0.0143. The molecule has 9 aromatic heterocycles. The van der Waals surface area contributed by atoms with Crippen molar-refractivity contribution in [1.29, 1.82) is 0 Å². The molecule has 0 aliphatic heterocycles. The number of carbonyl (C=O) groups excluding carboxylic acids is 3. The molecule has 133 heavy (non-hydrogen) atoms. The normalized spacial score (nSPS) is 22.1. The molecule has 0 saturated heterocycles. The Morgan fingerprint density at radius 3 is 1.26 bits per heavy atom. The largest absolute Gasteiger partial charge is 0.427 e. The van der Waals surface area contributed by atoms with E-state index in [9.17, 15) is 66.5 Å². The van der Waals surface area contributed by atoms with Crippen LogP contribution in [-0.4, -0.2) is 172 Å². The van der Waals surface area contributed by atoms with E-state index in [1.165, 1.54) is 88.6 Å². The lowest BCUT2D eigenvalue weighted by Gasteiger charge is -2.51. The van der Waals surface area contributed by atoms with E-state index < -0.39 is 105 Å². The topological polar surface area (TPSA) is 261 Å². The molecule has 9 atom stereocenters. The highest BCUT2D eigenvalue weighted by molar-refractivity contribution is 7.98. The van der Waals surface area contributed by atoms with Crippen LogP contribution in [0, 0.1) is 39.5 Å². The molecule has 7 aliphatic carbocycles. The van der Waals surface area contributed by atoms with Crippen LogP contribution in [0.1, 0.15) is 168 Å². The number of aryl methyl sites for hydroxylation is 1. The predicted octanol–water partition coefficient (Wildman–Crippen LogP) is 19.0. The maximum absolute atomic E-state index is 14.6. The van der Waals surface area contributed by atoms with Gasteiger partial charge in [-0.3, -0.25) is 29.0 Å². The number of carbonyl (C=O) groups is 3. The molecule has 3 aromatic carbocycles. The van der Waals surface area contributed by atoms with Gasteiger partial charge in [0.25, 0.3) is 5.92 Å². The predicted molar refractivity (Wildman–Crippen MR) is 493 cm³/mol. The van der Waals surface area contributed by atoms with Crippen molar-refractivity contribution in [3.8, 4) is 17.1 Å². The van der Waals surface area contributed by atoms with Gasteiger partial charge in [-0.25, -0.2) is 85.9 Å². The summed E-state index contributed by atoms with van der Waals surface area (Å²) in [5.74, 6) is 6.53. The van der Waals surface area contributed by atoms with E-state index in [0.717, 1.165) is 39.3 Å². The van der Waals surface area contributed by atoms with Crippen LogP contribution >= 0.6 is 46.1 Å². The average Bonchev–Trinajstić information content (AvgIpc) is 1.54. The van der Waals surface area contributed by atoms with E-state index >= 15 is 0 Å². The first kappa shape index (κ1) is 93.9. The Labute approximate surface area is 780 Å². The number of rotatable bonds is 21. The summed E-state index contributed by atoms with van der Waals surface area (Å²) in [6.45, 7) is 7.87. The highest BCUT2D eigenvalue weighted by Gasteiger charge is 2.59. The molecule has 692 valence electrons. The molecule has 4 saturated carbocycles. The second-order valence-corrected chi connectivity index (χ2v) is 43.6. The number of hydrogen-bond donors (Lipinski definition) is 0. The van der Waals surface area contributed by atoms with Crippen molar-refractivity contribution in [2.75, 3.05) is 0 Å². The van der Waals surface area contributed by atoms with Crippen molar-refractivity contribution < 1.29 is 66.5 Å². The molecule has 0 spiro atoms. The number of fused-ring (bicyclic) bond motifs is 6. The number of hydrogen-bond acceptors (Lipinski definition) is 17. The molecule has 12 aromatic rings. The van der Waals surface area contributed by atoms with E-state index in [1.54, 1.807) is 119 Å². The number of benzene rings is 3. The third kappa shape index (κ3) is 18.0. The second-order valence-electron chi connectivity index (χ2n) is 35.0. The van der Waals surface area contributed by atoms with Gasteiger partial charge in [-0.05, 0) is 273 Å². The van der Waals surface area contributed by atoms with Crippen LogP contribution in [0.15, 0.2) is 209 Å². The fourth-order valence-electron chi connectivity index (χ4n) is 20.0. The summed E-state index contributed by atoms with van der Waals surface area (Å²) in [6, 6.07) is 27.6. The Balaban J connectivity index is 0.000000139. The lowest BCUT2D eigenvalue weighted by Crippen LogP contribution is -2.59. The number of pyridine rings is 4. The zero-order valence-electron chi connectivity index (χ0n) is 72.2. The molecule has 39 heteroatoms. The van der Waals surface area contributed by atoms with Gasteiger partial charge in [-0.15, -0.1) is 16.4 Å². The zero-order chi connectivity index (χ0) is 94.6. The van der Waals surface area contributed by atoms with Crippen LogP contribution in [0.4, 0.5) is 39.5 Å². The molecule has 0 N–H and O–H groups in total. The average molecular weight is 1960 g/mol. The van der Waals surface area contributed by atoms with Gasteiger partial charge in [-0.1, -0.05) is 51.5 Å². The molecule has 7 aliphatic rings. The SMILES string of the molecule is C=S(=O)(c1ccc(Cl)nc1)N(C(C)C)[C@H]1CCC2=Cc3c(cnn3-c3ccc(F)cc3)C[C@]2(C(=O)c2cc(Cl)ccn2)C1.C=S(=O)(c1ccc(Cl)nc1)N(C(C)C)[C@H]1CCC2=Cc3c(cnn3-c3ccc(F)cc3)C[C@]2(C(=O)c2cc(F)ccn2)C1.C=S(=O)(c1ncn(C)n1)N(C1CC(F)(F)C1)[C@H]1CCC2=Cc3c(cnn3-c3ccc(F)cc3)C[C@]2(C(=O)c2ncc(C(F)(F)F)s2)C1. The fourth-order valence-corrected chi connectivity index (χ4v) is 27.4. The van der Waals surface area contributed by atoms with Crippen molar-refractivity contribution in [3.05, 3.63) is 288 Å². The van der Waals surface area contributed by atoms with Crippen molar-refractivity contribution in [3.63, 3.8) is 0 Å². The van der Waals surface area contributed by atoms with Crippen molar-refractivity contribution in [2.24, 2.45) is 23.3 Å². The molecule has 9 heterocycles. The maximum Gasteiger partial charge on any atom is 0.427 e. The molecular formula is C94H87Cl3F9N17O6S4. The summed E-state index contributed by atoms with van der Waals surface area (Å²) in [5.41, 5.74) is 5.84. The van der Waals surface area contributed by atoms with Gasteiger partial charge in [0.15, 0.2) is 16.6 Å². The van der Waals surface area contributed by atoms with Gasteiger partial charge >= 0.3 is 6.18 Å². The van der Waals surface area contributed by atoms with Crippen LogP contribution in [0.3, 0.4) is 0 Å². The van der Waals surface area contributed by atoms with Gasteiger partial charge in [0.2, 0.25) is 10.9 Å². The quantitative estimate of drug-likeness (QED) is 0.0280. The van der Waals surface area contributed by atoms with Crippen molar-refractivity contribution >= 4 is 128 Å². The summed E-state index contributed by atoms with van der Waals surface area (Å²) in [4.78, 5) is 68.3. The minimum Gasteiger partial charge on any atom is -0.291 e. The lowest BCUT2D eigenvalue weighted by atomic mass is 9.60. The van der Waals surface area contributed by atoms with E-state index in [4.69, 9.17) is 34.8 Å². The molecule has 0 amide bonds. The van der Waals surface area contributed by atoms with Gasteiger partial charge in [0.1, 0.15) is 56.2 Å². The highest BCUT2D eigenvalue weighted by Crippen LogP contribution is 2.57. The van der Waals surface area contributed by atoms with E-state index in [0.29, 0.717) is 106 Å². The molecule has 3 unspecified atom stereocenters. The summed E-state index contributed by atoms with van der Waals surface area (Å²) < 4.78 is 179. The number of allylic oxidation sites excluding steroid dienone is 3. The van der Waals surface area contributed by atoms with Crippen molar-refractivity contribution in [1.82, 2.24) is 81.9 Å².